The molecule has 0 aromatic heterocycles. The molecule has 0 saturated carbocycles. The first-order valence-corrected chi connectivity index (χ1v) is 10.7. The zero-order valence-corrected chi connectivity index (χ0v) is 15.3. The summed E-state index contributed by atoms with van der Waals surface area (Å²) < 4.78 is 52.7. The SMILES string of the molecule is CCS(=O)(=O)CCNC(=O)Nc1ccc(OC)c(NS(C)(=O)=O)c1. The van der Waals surface area contributed by atoms with Crippen molar-refractivity contribution in [3.63, 3.8) is 0 Å². The van der Waals surface area contributed by atoms with Gasteiger partial charge in [-0.2, -0.15) is 0 Å². The number of sulfone groups is 1. The minimum absolute atomic E-state index is 0.00923. The molecule has 0 aliphatic rings. The van der Waals surface area contributed by atoms with Crippen molar-refractivity contribution >= 4 is 37.3 Å². The quantitative estimate of drug-likeness (QED) is 0.607. The van der Waals surface area contributed by atoms with Crippen LogP contribution in [-0.2, 0) is 19.9 Å². The lowest BCUT2D eigenvalue weighted by Crippen LogP contribution is -2.33. The van der Waals surface area contributed by atoms with Crippen LogP contribution in [0.4, 0.5) is 16.2 Å². The molecule has 2 amide bonds. The lowest BCUT2D eigenvalue weighted by Gasteiger charge is -2.13. The van der Waals surface area contributed by atoms with Crippen LogP contribution < -0.4 is 20.1 Å². The molecule has 0 unspecified atom stereocenters. The van der Waals surface area contributed by atoms with Crippen molar-refractivity contribution in [2.24, 2.45) is 0 Å². The molecular formula is C13H21N3O6S2. The van der Waals surface area contributed by atoms with E-state index in [9.17, 15) is 21.6 Å². The number of rotatable bonds is 8. The maximum absolute atomic E-state index is 11.8. The van der Waals surface area contributed by atoms with Crippen LogP contribution in [-0.4, -0.2) is 54.3 Å². The molecule has 0 fully saturated rings. The highest BCUT2D eigenvalue weighted by molar-refractivity contribution is 7.92. The largest absolute Gasteiger partial charge is 0.495 e. The molecule has 1 rings (SSSR count). The Labute approximate surface area is 141 Å². The first kappa shape index (κ1) is 20.0. The Balaban J connectivity index is 2.74. The van der Waals surface area contributed by atoms with E-state index in [0.29, 0.717) is 11.4 Å². The summed E-state index contributed by atoms with van der Waals surface area (Å²) in [6.45, 7) is 1.51. The summed E-state index contributed by atoms with van der Waals surface area (Å²) in [6, 6.07) is 3.80. The number of anilines is 2. The maximum atomic E-state index is 11.8. The highest BCUT2D eigenvalue weighted by atomic mass is 32.2. The molecule has 0 heterocycles. The fourth-order valence-corrected chi connectivity index (χ4v) is 2.97. The standard InChI is InChI=1S/C13H21N3O6S2/c1-4-24(20,21)8-7-14-13(17)15-10-5-6-12(22-2)11(9-10)16-23(3,18)19/h5-6,9,16H,4,7-8H2,1-3H3,(H2,14,15,17). The Morgan fingerprint density at radius 3 is 2.42 bits per heavy atom. The predicted molar refractivity (Wildman–Crippen MR) is 92.8 cm³/mol. The summed E-state index contributed by atoms with van der Waals surface area (Å²) in [6.07, 6.45) is 0.993. The second-order valence-corrected chi connectivity index (χ2v) is 9.13. The molecule has 0 aliphatic carbocycles. The van der Waals surface area contributed by atoms with E-state index in [0.717, 1.165) is 6.26 Å². The Morgan fingerprint density at radius 2 is 1.88 bits per heavy atom. The van der Waals surface area contributed by atoms with Crippen molar-refractivity contribution in [2.45, 2.75) is 6.92 Å². The van der Waals surface area contributed by atoms with Gasteiger partial charge >= 0.3 is 6.03 Å². The van der Waals surface area contributed by atoms with E-state index >= 15 is 0 Å². The second kappa shape index (κ2) is 8.20. The molecular weight excluding hydrogens is 358 g/mol. The van der Waals surface area contributed by atoms with Gasteiger partial charge in [0.05, 0.1) is 24.8 Å². The van der Waals surface area contributed by atoms with Gasteiger partial charge in [-0.3, -0.25) is 4.72 Å². The fraction of sp³-hybridized carbons (Fsp3) is 0.462. The van der Waals surface area contributed by atoms with Crippen LogP contribution >= 0.6 is 0 Å². The van der Waals surface area contributed by atoms with Crippen molar-refractivity contribution in [1.82, 2.24) is 5.32 Å². The van der Waals surface area contributed by atoms with Crippen LogP contribution in [0, 0.1) is 0 Å². The lowest BCUT2D eigenvalue weighted by molar-refractivity contribution is 0.252. The Morgan fingerprint density at radius 1 is 1.21 bits per heavy atom. The Kier molecular flexibility index (Phi) is 6.84. The van der Waals surface area contributed by atoms with Crippen molar-refractivity contribution in [1.29, 1.82) is 0 Å². The predicted octanol–water partition coefficient (Wildman–Crippen LogP) is 0.623. The number of carbonyl (C=O) groups is 1. The third-order valence-corrected chi connectivity index (χ3v) is 5.19. The number of hydrogen-bond donors (Lipinski definition) is 3. The van der Waals surface area contributed by atoms with Crippen LogP contribution in [0.15, 0.2) is 18.2 Å². The molecule has 1 aromatic rings. The van der Waals surface area contributed by atoms with Gasteiger partial charge in [0.1, 0.15) is 5.75 Å². The van der Waals surface area contributed by atoms with Crippen molar-refractivity contribution in [3.8, 4) is 5.75 Å². The average molecular weight is 379 g/mol. The van der Waals surface area contributed by atoms with Crippen molar-refractivity contribution in [2.75, 3.05) is 41.5 Å². The minimum atomic E-state index is -3.51. The monoisotopic (exact) mass is 379 g/mol. The van der Waals surface area contributed by atoms with E-state index in [1.807, 2.05) is 0 Å². The molecule has 0 radical (unpaired) electrons. The first-order chi connectivity index (χ1) is 11.1. The zero-order chi connectivity index (χ0) is 18.4. The van der Waals surface area contributed by atoms with Gasteiger partial charge in [-0.1, -0.05) is 6.92 Å². The van der Waals surface area contributed by atoms with E-state index in [2.05, 4.69) is 15.4 Å². The van der Waals surface area contributed by atoms with Crippen LogP contribution in [0.25, 0.3) is 0 Å². The van der Waals surface area contributed by atoms with E-state index in [1.54, 1.807) is 0 Å². The van der Waals surface area contributed by atoms with Gasteiger partial charge < -0.3 is 15.4 Å². The van der Waals surface area contributed by atoms with E-state index in [4.69, 9.17) is 4.74 Å². The minimum Gasteiger partial charge on any atom is -0.495 e. The summed E-state index contributed by atoms with van der Waals surface area (Å²) in [5.74, 6) is 0.149. The van der Waals surface area contributed by atoms with Gasteiger partial charge in [0.2, 0.25) is 10.0 Å². The smallest absolute Gasteiger partial charge is 0.319 e. The summed E-state index contributed by atoms with van der Waals surface area (Å²) in [5.41, 5.74) is 0.490. The number of methoxy groups -OCH3 is 1. The van der Waals surface area contributed by atoms with E-state index in [1.165, 1.54) is 32.2 Å². The van der Waals surface area contributed by atoms with Gasteiger partial charge in [-0.25, -0.2) is 21.6 Å². The molecule has 0 spiro atoms. The summed E-state index contributed by atoms with van der Waals surface area (Å²) >= 11 is 0. The fourth-order valence-electron chi connectivity index (χ4n) is 1.70. The molecule has 0 saturated heterocycles. The Hall–Kier alpha value is -2.01. The highest BCUT2D eigenvalue weighted by Gasteiger charge is 2.11. The molecule has 1 aromatic carbocycles. The number of amides is 2. The van der Waals surface area contributed by atoms with Crippen molar-refractivity contribution in [3.05, 3.63) is 18.2 Å². The molecule has 3 N–H and O–H groups in total. The van der Waals surface area contributed by atoms with Crippen LogP contribution in [0.1, 0.15) is 6.92 Å². The third kappa shape index (κ3) is 7.04. The van der Waals surface area contributed by atoms with E-state index in [-0.39, 0.29) is 23.7 Å². The van der Waals surface area contributed by atoms with Gasteiger partial charge in [-0.15, -0.1) is 0 Å². The first-order valence-electron chi connectivity index (χ1n) is 6.97. The topological polar surface area (TPSA) is 131 Å². The molecule has 11 heteroatoms. The summed E-state index contributed by atoms with van der Waals surface area (Å²) in [7, 11) is -5.29. The number of sulfonamides is 1. The second-order valence-electron chi connectivity index (χ2n) is 4.91. The van der Waals surface area contributed by atoms with E-state index < -0.39 is 25.9 Å². The van der Waals surface area contributed by atoms with Crippen LogP contribution in [0.2, 0.25) is 0 Å². The number of nitrogens with one attached hydrogen (secondary N) is 3. The number of ether oxygens (including phenoxy) is 1. The van der Waals surface area contributed by atoms with Gasteiger partial charge in [-0.05, 0) is 18.2 Å². The number of carbonyl (C=O) groups excluding carboxylic acids is 1. The zero-order valence-electron chi connectivity index (χ0n) is 13.6. The van der Waals surface area contributed by atoms with Crippen LogP contribution in [0.5, 0.6) is 5.75 Å². The molecule has 0 aliphatic heterocycles. The molecule has 136 valence electrons. The normalized spacial score (nSPS) is 11.6. The average Bonchev–Trinajstić information content (AvgIpc) is 2.45. The Bertz CT molecular complexity index is 790. The number of urea groups is 1. The van der Waals surface area contributed by atoms with Gasteiger partial charge in [0.25, 0.3) is 0 Å². The molecule has 0 atom stereocenters. The van der Waals surface area contributed by atoms with Crippen LogP contribution in [0.3, 0.4) is 0 Å². The maximum Gasteiger partial charge on any atom is 0.319 e. The van der Waals surface area contributed by atoms with Gasteiger partial charge in [0, 0.05) is 18.0 Å². The molecule has 24 heavy (non-hydrogen) atoms. The number of hydrogen-bond acceptors (Lipinski definition) is 6. The molecule has 0 bridgehead atoms. The van der Waals surface area contributed by atoms with Gasteiger partial charge in [0.15, 0.2) is 9.84 Å². The lowest BCUT2D eigenvalue weighted by atomic mass is 10.2. The van der Waals surface area contributed by atoms with Crippen molar-refractivity contribution < 1.29 is 26.4 Å². The molecule has 9 nitrogen and oxygen atoms in total. The highest BCUT2D eigenvalue weighted by Crippen LogP contribution is 2.28. The summed E-state index contributed by atoms with van der Waals surface area (Å²) in [4.78, 5) is 11.8. The third-order valence-electron chi connectivity index (χ3n) is 2.89. The number of benzene rings is 1. The summed E-state index contributed by atoms with van der Waals surface area (Å²) in [5, 5.41) is 4.91.